The van der Waals surface area contributed by atoms with Crippen molar-refractivity contribution >= 4 is 22.2 Å². The van der Waals surface area contributed by atoms with Gasteiger partial charge >= 0.3 is 16.3 Å². The highest BCUT2D eigenvalue weighted by Crippen LogP contribution is 2.35. The maximum atomic E-state index is 12.3. The molecule has 3 amide bonds. The Morgan fingerprint density at radius 2 is 2.18 bits per heavy atom. The molecule has 9 nitrogen and oxygen atoms in total. The molecule has 0 aromatic carbocycles. The molecule has 0 bridgehead atoms. The molecule has 3 atom stereocenters. The van der Waals surface area contributed by atoms with Crippen molar-refractivity contribution in [2.45, 2.75) is 31.0 Å². The van der Waals surface area contributed by atoms with Crippen LogP contribution in [0.25, 0.3) is 0 Å². The first-order valence-electron chi connectivity index (χ1n) is 7.15. The van der Waals surface area contributed by atoms with Gasteiger partial charge in [0.1, 0.15) is 6.04 Å². The fourth-order valence-electron chi connectivity index (χ4n) is 3.18. The van der Waals surface area contributed by atoms with Crippen molar-refractivity contribution in [1.82, 2.24) is 19.8 Å². The standard InChI is InChI=1S/C12H18N4O5S/c17-11-10-9(16(11)22(19,20)21)4-7-15(10)12(18)14-8-2-1-5-13-6-3-8/h1-2,8-10,13H,3-7H2,(H,14,18)(H,19,20,21)/t8-,9?,10-/m0/s1. The summed E-state index contributed by atoms with van der Waals surface area (Å²) in [4.78, 5) is 25.5. The van der Waals surface area contributed by atoms with Gasteiger partial charge in [-0.1, -0.05) is 12.2 Å². The number of carbonyl (C=O) groups excluding carboxylic acids is 2. The Morgan fingerprint density at radius 1 is 1.41 bits per heavy atom. The summed E-state index contributed by atoms with van der Waals surface area (Å²) in [5.41, 5.74) is 0. The van der Waals surface area contributed by atoms with E-state index in [1.165, 1.54) is 4.90 Å². The van der Waals surface area contributed by atoms with E-state index in [-0.39, 0.29) is 18.6 Å². The van der Waals surface area contributed by atoms with Crippen molar-refractivity contribution in [2.75, 3.05) is 19.6 Å². The van der Waals surface area contributed by atoms with Crippen LogP contribution in [-0.4, -0.2) is 71.9 Å². The van der Waals surface area contributed by atoms with Crippen LogP contribution in [0.4, 0.5) is 4.79 Å². The molecule has 0 aliphatic carbocycles. The highest BCUT2D eigenvalue weighted by Gasteiger charge is 2.60. The van der Waals surface area contributed by atoms with Gasteiger partial charge < -0.3 is 15.5 Å². The molecule has 0 radical (unpaired) electrons. The van der Waals surface area contributed by atoms with E-state index in [0.29, 0.717) is 10.7 Å². The molecule has 0 aromatic heterocycles. The van der Waals surface area contributed by atoms with Crippen molar-refractivity contribution in [2.24, 2.45) is 0 Å². The number of β-lactam (4-membered cyclic amide) rings is 1. The number of fused-ring (bicyclic) bond motifs is 1. The van der Waals surface area contributed by atoms with E-state index in [9.17, 15) is 18.0 Å². The van der Waals surface area contributed by atoms with Crippen molar-refractivity contribution in [3.63, 3.8) is 0 Å². The highest BCUT2D eigenvalue weighted by molar-refractivity contribution is 7.84. The molecular weight excluding hydrogens is 312 g/mol. The molecular formula is C12H18N4O5S. The number of urea groups is 1. The SMILES string of the molecule is O=C(N[C@H]1C=CCNCC1)N1CCC2[C@H]1C(=O)N2S(=O)(=O)O. The number of hydrogen-bond donors (Lipinski definition) is 3. The van der Waals surface area contributed by atoms with Crippen LogP contribution in [0.5, 0.6) is 0 Å². The summed E-state index contributed by atoms with van der Waals surface area (Å²) in [7, 11) is -4.54. The molecule has 1 unspecified atom stereocenters. The van der Waals surface area contributed by atoms with Gasteiger partial charge in [-0.05, 0) is 19.4 Å². The summed E-state index contributed by atoms with van der Waals surface area (Å²) < 4.78 is 31.7. The Bertz CT molecular complexity index is 619. The second-order valence-corrected chi connectivity index (χ2v) is 6.87. The molecule has 3 rings (SSSR count). The highest BCUT2D eigenvalue weighted by atomic mass is 32.2. The third-order valence-electron chi connectivity index (χ3n) is 4.22. The van der Waals surface area contributed by atoms with Crippen LogP contribution < -0.4 is 10.6 Å². The Labute approximate surface area is 128 Å². The zero-order valence-electron chi connectivity index (χ0n) is 11.8. The molecule has 0 saturated carbocycles. The van der Waals surface area contributed by atoms with Gasteiger partial charge in [-0.2, -0.15) is 8.42 Å². The Hall–Kier alpha value is -1.65. The van der Waals surface area contributed by atoms with E-state index >= 15 is 0 Å². The van der Waals surface area contributed by atoms with Crippen molar-refractivity contribution in [1.29, 1.82) is 0 Å². The minimum absolute atomic E-state index is 0.116. The lowest BCUT2D eigenvalue weighted by Gasteiger charge is -2.42. The number of hydrogen-bond acceptors (Lipinski definition) is 5. The van der Waals surface area contributed by atoms with Gasteiger partial charge in [0.05, 0.1) is 12.1 Å². The minimum Gasteiger partial charge on any atom is -0.332 e. The first-order chi connectivity index (χ1) is 10.4. The predicted octanol–water partition coefficient (Wildman–Crippen LogP) is -1.30. The van der Waals surface area contributed by atoms with Gasteiger partial charge in [-0.3, -0.25) is 9.35 Å². The summed E-state index contributed by atoms with van der Waals surface area (Å²) in [6.45, 7) is 1.82. The van der Waals surface area contributed by atoms with E-state index in [2.05, 4.69) is 10.6 Å². The maximum Gasteiger partial charge on any atom is 0.362 e. The molecule has 3 N–H and O–H groups in total. The molecule has 10 heteroatoms. The zero-order valence-corrected chi connectivity index (χ0v) is 12.6. The number of nitrogens with zero attached hydrogens (tertiary/aromatic N) is 2. The predicted molar refractivity (Wildman–Crippen MR) is 76.2 cm³/mol. The van der Waals surface area contributed by atoms with Crippen molar-refractivity contribution in [3.8, 4) is 0 Å². The maximum absolute atomic E-state index is 12.3. The second kappa shape index (κ2) is 5.52. The monoisotopic (exact) mass is 330 g/mol. The quantitative estimate of drug-likeness (QED) is 0.329. The lowest BCUT2D eigenvalue weighted by atomic mass is 10.0. The molecule has 2 fully saturated rings. The van der Waals surface area contributed by atoms with Gasteiger partial charge in [0.2, 0.25) is 0 Å². The average molecular weight is 330 g/mol. The van der Waals surface area contributed by atoms with Crippen molar-refractivity contribution < 1.29 is 22.6 Å². The number of rotatable bonds is 2. The molecule has 122 valence electrons. The summed E-state index contributed by atoms with van der Waals surface area (Å²) in [6, 6.07) is -1.95. The summed E-state index contributed by atoms with van der Waals surface area (Å²) in [6.07, 6.45) is 4.92. The van der Waals surface area contributed by atoms with Crippen LogP contribution in [0.15, 0.2) is 12.2 Å². The van der Waals surface area contributed by atoms with Gasteiger partial charge in [0.15, 0.2) is 0 Å². The van der Waals surface area contributed by atoms with Gasteiger partial charge in [0.25, 0.3) is 5.91 Å². The first kappa shape index (κ1) is 15.3. The van der Waals surface area contributed by atoms with E-state index < -0.39 is 28.3 Å². The fraction of sp³-hybridized carbons (Fsp3) is 0.667. The van der Waals surface area contributed by atoms with Crippen LogP contribution in [0.3, 0.4) is 0 Å². The van der Waals surface area contributed by atoms with E-state index in [1.54, 1.807) is 0 Å². The third-order valence-corrected chi connectivity index (χ3v) is 5.17. The Morgan fingerprint density at radius 3 is 2.91 bits per heavy atom. The largest absolute Gasteiger partial charge is 0.362 e. The normalized spacial score (nSPS) is 31.5. The average Bonchev–Trinajstić information content (AvgIpc) is 2.60. The summed E-state index contributed by atoms with van der Waals surface area (Å²) in [5, 5.41) is 6.01. The third kappa shape index (κ3) is 2.57. The summed E-state index contributed by atoms with van der Waals surface area (Å²) in [5.74, 6) is -0.752. The molecule has 3 aliphatic heterocycles. The van der Waals surface area contributed by atoms with Crippen LogP contribution in [0.1, 0.15) is 12.8 Å². The smallest absolute Gasteiger partial charge is 0.332 e. The van der Waals surface area contributed by atoms with Crippen LogP contribution in [0.2, 0.25) is 0 Å². The molecule has 2 saturated heterocycles. The van der Waals surface area contributed by atoms with Gasteiger partial charge in [0, 0.05) is 13.1 Å². The molecule has 3 heterocycles. The molecule has 3 aliphatic rings. The molecule has 0 spiro atoms. The first-order valence-corrected chi connectivity index (χ1v) is 8.54. The van der Waals surface area contributed by atoms with Crippen LogP contribution in [-0.2, 0) is 15.1 Å². The Balaban J connectivity index is 1.65. The number of likely N-dealkylation sites (tertiary alicyclic amines) is 1. The van der Waals surface area contributed by atoms with E-state index in [4.69, 9.17) is 4.55 Å². The van der Waals surface area contributed by atoms with Crippen molar-refractivity contribution in [3.05, 3.63) is 12.2 Å². The zero-order chi connectivity index (χ0) is 15.9. The van der Waals surface area contributed by atoms with Crippen LogP contribution >= 0.6 is 0 Å². The minimum atomic E-state index is -4.54. The van der Waals surface area contributed by atoms with E-state index in [0.717, 1.165) is 19.5 Å². The fourth-order valence-corrected chi connectivity index (χ4v) is 4.08. The van der Waals surface area contributed by atoms with E-state index in [1.807, 2.05) is 12.2 Å². The lowest BCUT2D eigenvalue weighted by Crippen LogP contribution is -2.69. The topological polar surface area (TPSA) is 119 Å². The second-order valence-electron chi connectivity index (χ2n) is 5.58. The molecule has 22 heavy (non-hydrogen) atoms. The van der Waals surface area contributed by atoms with Gasteiger partial charge in [-0.15, -0.1) is 0 Å². The Kier molecular flexibility index (Phi) is 3.83. The lowest BCUT2D eigenvalue weighted by molar-refractivity contribution is -0.143. The molecule has 0 aromatic rings. The number of amides is 3. The number of carbonyl (C=O) groups is 2. The summed E-state index contributed by atoms with van der Waals surface area (Å²) >= 11 is 0. The number of nitrogens with one attached hydrogen (secondary N) is 2. The van der Waals surface area contributed by atoms with Gasteiger partial charge in [-0.25, -0.2) is 9.10 Å². The van der Waals surface area contributed by atoms with Crippen LogP contribution in [0, 0.1) is 0 Å².